The van der Waals surface area contributed by atoms with E-state index in [4.69, 9.17) is 4.74 Å². The lowest BCUT2D eigenvalue weighted by atomic mass is 10.0. The summed E-state index contributed by atoms with van der Waals surface area (Å²) in [6, 6.07) is 12.3. The zero-order chi connectivity index (χ0) is 19.9. The molecule has 2 aromatic carbocycles. The Bertz CT molecular complexity index is 1020. The quantitative estimate of drug-likeness (QED) is 0.525. The van der Waals surface area contributed by atoms with E-state index in [1.54, 1.807) is 4.90 Å². The second-order valence-electron chi connectivity index (χ2n) is 8.15. The molecule has 4 rings (SSSR count). The van der Waals surface area contributed by atoms with Crippen molar-refractivity contribution in [3.05, 3.63) is 52.9 Å². The molecule has 1 saturated heterocycles. The monoisotopic (exact) mass is 441 g/mol. The molecule has 1 N–H and O–H groups in total. The number of halogens is 1. The van der Waals surface area contributed by atoms with E-state index >= 15 is 0 Å². The van der Waals surface area contributed by atoms with Gasteiger partial charge in [0.1, 0.15) is 11.4 Å². The number of amides is 1. The van der Waals surface area contributed by atoms with E-state index in [9.17, 15) is 4.79 Å². The van der Waals surface area contributed by atoms with Crippen LogP contribution in [0.15, 0.2) is 47.1 Å². The standard InChI is InChI=1S/C22H24BrN3O2/c1-22(2,3)28-21(27)26-12-6-9-19(26)20-24-13-18(25-20)16-10-11-17(23)15-8-5-4-7-14(15)16/h4-5,7-8,10-11,13,19H,6,9,12H2,1-3H3,(H,24,25)/t19-/m0/s1. The number of hydrogen-bond donors (Lipinski definition) is 1. The number of H-pyrrole nitrogens is 1. The number of nitrogens with one attached hydrogen (secondary N) is 1. The molecule has 1 aromatic heterocycles. The molecule has 5 nitrogen and oxygen atoms in total. The van der Waals surface area contributed by atoms with Gasteiger partial charge in [0.2, 0.25) is 0 Å². The minimum absolute atomic E-state index is 0.0784. The van der Waals surface area contributed by atoms with Crippen LogP contribution in [0.5, 0.6) is 0 Å². The lowest BCUT2D eigenvalue weighted by Crippen LogP contribution is -2.36. The number of ether oxygens (including phenoxy) is 1. The fraction of sp³-hybridized carbons (Fsp3) is 0.364. The first-order valence-corrected chi connectivity index (χ1v) is 10.3. The number of carbonyl (C=O) groups excluding carboxylic acids is 1. The highest BCUT2D eigenvalue weighted by Gasteiger charge is 2.34. The lowest BCUT2D eigenvalue weighted by Gasteiger charge is -2.27. The predicted molar refractivity (Wildman–Crippen MR) is 114 cm³/mol. The molecule has 146 valence electrons. The third kappa shape index (κ3) is 3.65. The van der Waals surface area contributed by atoms with Gasteiger partial charge in [-0.15, -0.1) is 0 Å². The molecule has 1 aliphatic heterocycles. The fourth-order valence-corrected chi connectivity index (χ4v) is 4.21. The van der Waals surface area contributed by atoms with Gasteiger partial charge in [0.15, 0.2) is 0 Å². The number of nitrogens with zero attached hydrogens (tertiary/aromatic N) is 2. The van der Waals surface area contributed by atoms with Gasteiger partial charge in [0.25, 0.3) is 0 Å². The number of imidazole rings is 1. The van der Waals surface area contributed by atoms with Gasteiger partial charge >= 0.3 is 6.09 Å². The molecule has 1 fully saturated rings. The number of aromatic amines is 1. The number of aromatic nitrogens is 2. The molecule has 0 unspecified atom stereocenters. The second-order valence-corrected chi connectivity index (χ2v) is 9.01. The minimum atomic E-state index is -0.505. The van der Waals surface area contributed by atoms with Crippen LogP contribution in [0.3, 0.4) is 0 Å². The van der Waals surface area contributed by atoms with Crippen LogP contribution in [0.2, 0.25) is 0 Å². The Morgan fingerprint density at radius 2 is 1.96 bits per heavy atom. The Balaban J connectivity index is 1.65. The summed E-state index contributed by atoms with van der Waals surface area (Å²) in [4.78, 5) is 22.4. The van der Waals surface area contributed by atoms with Crippen molar-refractivity contribution < 1.29 is 9.53 Å². The van der Waals surface area contributed by atoms with Crippen molar-refractivity contribution in [1.82, 2.24) is 14.9 Å². The summed E-state index contributed by atoms with van der Waals surface area (Å²) in [6.07, 6.45) is 3.41. The maximum absolute atomic E-state index is 12.6. The van der Waals surface area contributed by atoms with Crippen LogP contribution >= 0.6 is 15.9 Å². The normalized spacial score (nSPS) is 17.3. The molecule has 3 aromatic rings. The van der Waals surface area contributed by atoms with E-state index in [1.807, 2.05) is 39.1 Å². The van der Waals surface area contributed by atoms with E-state index in [2.05, 4.69) is 50.2 Å². The zero-order valence-corrected chi connectivity index (χ0v) is 17.9. The van der Waals surface area contributed by atoms with Crippen molar-refractivity contribution in [2.24, 2.45) is 0 Å². The highest BCUT2D eigenvalue weighted by molar-refractivity contribution is 9.10. The average Bonchev–Trinajstić information content (AvgIpc) is 3.30. The SMILES string of the molecule is CC(C)(C)OC(=O)N1CCC[C@H]1c1ncc(-c2ccc(Br)c3ccccc23)[nH]1. The minimum Gasteiger partial charge on any atom is -0.444 e. The van der Waals surface area contributed by atoms with E-state index < -0.39 is 5.60 Å². The first-order chi connectivity index (χ1) is 13.3. The van der Waals surface area contributed by atoms with Gasteiger partial charge in [0, 0.05) is 16.6 Å². The summed E-state index contributed by atoms with van der Waals surface area (Å²) in [7, 11) is 0. The molecule has 28 heavy (non-hydrogen) atoms. The number of rotatable bonds is 2. The molecule has 6 heteroatoms. The smallest absolute Gasteiger partial charge is 0.410 e. The third-order valence-electron chi connectivity index (χ3n) is 4.95. The Morgan fingerprint density at radius 1 is 1.21 bits per heavy atom. The summed E-state index contributed by atoms with van der Waals surface area (Å²) < 4.78 is 6.64. The maximum Gasteiger partial charge on any atom is 0.410 e. The Hall–Kier alpha value is -2.34. The lowest BCUT2D eigenvalue weighted by molar-refractivity contribution is 0.0219. The molecule has 1 aliphatic rings. The number of likely N-dealkylation sites (tertiary alicyclic amines) is 1. The number of carbonyl (C=O) groups is 1. The second kappa shape index (κ2) is 7.24. The van der Waals surface area contributed by atoms with Gasteiger partial charge in [-0.3, -0.25) is 4.90 Å². The van der Waals surface area contributed by atoms with Crippen LogP contribution in [0.25, 0.3) is 22.0 Å². The third-order valence-corrected chi connectivity index (χ3v) is 5.64. The van der Waals surface area contributed by atoms with Crippen molar-refractivity contribution >= 4 is 32.8 Å². The van der Waals surface area contributed by atoms with Gasteiger partial charge in [-0.2, -0.15) is 0 Å². The number of benzene rings is 2. The Morgan fingerprint density at radius 3 is 2.71 bits per heavy atom. The Labute approximate surface area is 173 Å². The molecular formula is C22H24BrN3O2. The molecule has 2 heterocycles. The molecular weight excluding hydrogens is 418 g/mol. The van der Waals surface area contributed by atoms with Crippen LogP contribution in [0.1, 0.15) is 45.5 Å². The van der Waals surface area contributed by atoms with Crippen LogP contribution in [-0.4, -0.2) is 33.1 Å². The van der Waals surface area contributed by atoms with Gasteiger partial charge in [-0.05, 0) is 50.5 Å². The summed E-state index contributed by atoms with van der Waals surface area (Å²) in [5.74, 6) is 0.811. The van der Waals surface area contributed by atoms with Gasteiger partial charge < -0.3 is 9.72 Å². The molecule has 0 radical (unpaired) electrons. The molecule has 0 aliphatic carbocycles. The average molecular weight is 442 g/mol. The van der Waals surface area contributed by atoms with Crippen molar-refractivity contribution in [2.45, 2.75) is 45.3 Å². The molecule has 1 atom stereocenters. The van der Waals surface area contributed by atoms with Crippen LogP contribution < -0.4 is 0 Å². The summed E-state index contributed by atoms with van der Waals surface area (Å²) in [5.41, 5.74) is 1.55. The summed E-state index contributed by atoms with van der Waals surface area (Å²) in [6.45, 7) is 6.36. The molecule has 0 saturated carbocycles. The first-order valence-electron chi connectivity index (χ1n) is 9.55. The Kier molecular flexibility index (Phi) is 4.91. The highest BCUT2D eigenvalue weighted by Crippen LogP contribution is 2.35. The van der Waals surface area contributed by atoms with E-state index in [-0.39, 0.29) is 12.1 Å². The molecule has 0 bridgehead atoms. The zero-order valence-electron chi connectivity index (χ0n) is 16.3. The molecule has 1 amide bonds. The van der Waals surface area contributed by atoms with Crippen LogP contribution in [0, 0.1) is 0 Å². The van der Waals surface area contributed by atoms with Crippen molar-refractivity contribution in [2.75, 3.05) is 6.54 Å². The fourth-order valence-electron chi connectivity index (χ4n) is 3.73. The van der Waals surface area contributed by atoms with Gasteiger partial charge in [-0.1, -0.05) is 46.3 Å². The van der Waals surface area contributed by atoms with Crippen LogP contribution in [0.4, 0.5) is 4.79 Å². The molecule has 0 spiro atoms. The highest BCUT2D eigenvalue weighted by atomic mass is 79.9. The van der Waals surface area contributed by atoms with E-state index in [0.29, 0.717) is 6.54 Å². The van der Waals surface area contributed by atoms with Gasteiger partial charge in [0.05, 0.1) is 17.9 Å². The van der Waals surface area contributed by atoms with E-state index in [1.165, 1.54) is 0 Å². The van der Waals surface area contributed by atoms with Crippen molar-refractivity contribution in [3.63, 3.8) is 0 Å². The number of hydrogen-bond acceptors (Lipinski definition) is 3. The van der Waals surface area contributed by atoms with Crippen molar-refractivity contribution in [1.29, 1.82) is 0 Å². The largest absolute Gasteiger partial charge is 0.444 e. The van der Waals surface area contributed by atoms with E-state index in [0.717, 1.165) is 45.2 Å². The van der Waals surface area contributed by atoms with Crippen LogP contribution in [-0.2, 0) is 4.74 Å². The summed E-state index contributed by atoms with van der Waals surface area (Å²) >= 11 is 3.63. The summed E-state index contributed by atoms with van der Waals surface area (Å²) in [5, 5.41) is 2.31. The van der Waals surface area contributed by atoms with Gasteiger partial charge in [-0.25, -0.2) is 9.78 Å². The first kappa shape index (κ1) is 19.0. The predicted octanol–water partition coefficient (Wildman–Crippen LogP) is 6.06. The maximum atomic E-state index is 12.6. The topological polar surface area (TPSA) is 58.2 Å². The number of fused-ring (bicyclic) bond motifs is 1. The van der Waals surface area contributed by atoms with Crippen molar-refractivity contribution in [3.8, 4) is 11.3 Å².